The summed E-state index contributed by atoms with van der Waals surface area (Å²) in [7, 11) is -1.15. The van der Waals surface area contributed by atoms with Crippen molar-refractivity contribution in [3.63, 3.8) is 0 Å². The summed E-state index contributed by atoms with van der Waals surface area (Å²) in [5.41, 5.74) is 5.81. The molecule has 1 amide bonds. The quantitative estimate of drug-likeness (QED) is 0.530. The second kappa shape index (κ2) is 10.9. The molecule has 0 spiro atoms. The molecule has 1 unspecified atom stereocenters. The zero-order chi connectivity index (χ0) is 27.8. The van der Waals surface area contributed by atoms with Crippen molar-refractivity contribution in [1.29, 1.82) is 0 Å². The Morgan fingerprint density at radius 1 is 1.21 bits per heavy atom. The van der Waals surface area contributed by atoms with Crippen LogP contribution in [0.1, 0.15) is 74.9 Å². The Balaban J connectivity index is 1.52. The van der Waals surface area contributed by atoms with Gasteiger partial charge in [-0.05, 0) is 76.5 Å². The van der Waals surface area contributed by atoms with Crippen LogP contribution in [-0.2, 0) is 22.1 Å². The lowest BCUT2D eigenvalue weighted by Crippen LogP contribution is -2.58. The van der Waals surface area contributed by atoms with Crippen molar-refractivity contribution in [2.24, 2.45) is 15.9 Å². The number of amidine groups is 2. The Bertz CT molecular complexity index is 1430. The van der Waals surface area contributed by atoms with Gasteiger partial charge < -0.3 is 5.32 Å². The van der Waals surface area contributed by atoms with Crippen LogP contribution >= 0.6 is 0 Å². The standard InChI is InChI=1S/C29H35N7O2S/c1-16(2)25-28(34-18(4)24-17(3)32-15-33-26(24)22-10-11-22)36(19(5)21-8-9-21)29(37)27(35-25)31-14-20-7-12-23(30-13-20)39(6)38/h7,12-13,15,19,21-22H,4,8-11,14H2,1-3,5-6H3,(H,31,35)/t19-,39?/m0/s1. The van der Waals surface area contributed by atoms with Gasteiger partial charge in [0.15, 0.2) is 11.7 Å². The first-order valence-electron chi connectivity index (χ1n) is 13.4. The zero-order valence-electron chi connectivity index (χ0n) is 23.2. The molecule has 3 fully saturated rings. The van der Waals surface area contributed by atoms with Gasteiger partial charge in [0.05, 0.1) is 40.1 Å². The number of hydrogen-bond donors (Lipinski definition) is 1. The van der Waals surface area contributed by atoms with Crippen LogP contribution in [0.3, 0.4) is 0 Å². The molecular formula is C29H35N7O2S. The molecule has 1 N–H and O–H groups in total. The predicted molar refractivity (Wildman–Crippen MR) is 153 cm³/mol. The molecule has 1 saturated heterocycles. The van der Waals surface area contributed by atoms with Crippen molar-refractivity contribution in [1.82, 2.24) is 25.2 Å². The van der Waals surface area contributed by atoms with E-state index in [2.05, 4.69) is 38.8 Å². The second-order valence-electron chi connectivity index (χ2n) is 10.8. The van der Waals surface area contributed by atoms with E-state index >= 15 is 0 Å². The average molecular weight is 546 g/mol. The highest BCUT2D eigenvalue weighted by molar-refractivity contribution is 7.84. The lowest BCUT2D eigenvalue weighted by atomic mass is 10.0. The molecule has 204 valence electrons. The number of pyridine rings is 1. The molecule has 39 heavy (non-hydrogen) atoms. The minimum atomic E-state index is -1.15. The number of piperazine rings is 1. The molecule has 2 saturated carbocycles. The summed E-state index contributed by atoms with van der Waals surface area (Å²) in [5.74, 6) is 1.44. The third-order valence-corrected chi connectivity index (χ3v) is 8.23. The number of allylic oxidation sites excluding steroid dienone is 1. The summed E-state index contributed by atoms with van der Waals surface area (Å²) in [5, 5.41) is 3.80. The Labute approximate surface area is 232 Å². The zero-order valence-corrected chi connectivity index (χ0v) is 24.0. The molecule has 3 heterocycles. The van der Waals surface area contributed by atoms with Crippen LogP contribution < -0.4 is 5.32 Å². The molecule has 3 aliphatic rings. The van der Waals surface area contributed by atoms with Crippen LogP contribution in [0.25, 0.3) is 5.70 Å². The average Bonchev–Trinajstić information content (AvgIpc) is 3.81. The number of aliphatic imine (C=N–C) groups is 2. The van der Waals surface area contributed by atoms with Crippen LogP contribution in [0.2, 0.25) is 0 Å². The van der Waals surface area contributed by atoms with Crippen molar-refractivity contribution >= 4 is 34.1 Å². The van der Waals surface area contributed by atoms with Crippen LogP contribution in [0.4, 0.5) is 0 Å². The number of hydrogen-bond acceptors (Lipinski definition) is 7. The van der Waals surface area contributed by atoms with Crippen molar-refractivity contribution in [2.75, 3.05) is 6.26 Å². The van der Waals surface area contributed by atoms with Gasteiger partial charge in [0, 0.05) is 30.0 Å². The Morgan fingerprint density at radius 2 is 1.95 bits per heavy atom. The minimum absolute atomic E-state index is 0.0396. The van der Waals surface area contributed by atoms with Crippen LogP contribution in [-0.4, -0.2) is 53.9 Å². The first kappa shape index (κ1) is 27.1. The molecule has 1 aliphatic heterocycles. The summed E-state index contributed by atoms with van der Waals surface area (Å²) in [6.45, 7) is 12.6. The molecule has 2 aromatic rings. The van der Waals surface area contributed by atoms with Gasteiger partial charge in [0.25, 0.3) is 5.91 Å². The highest BCUT2D eigenvalue weighted by Gasteiger charge is 2.42. The van der Waals surface area contributed by atoms with Gasteiger partial charge >= 0.3 is 0 Å². The van der Waals surface area contributed by atoms with E-state index in [1.165, 1.54) is 0 Å². The second-order valence-corrected chi connectivity index (χ2v) is 12.1. The van der Waals surface area contributed by atoms with Gasteiger partial charge in [-0.3, -0.25) is 18.9 Å². The fourth-order valence-corrected chi connectivity index (χ4v) is 5.30. The Hall–Kier alpha value is -3.53. The van der Waals surface area contributed by atoms with E-state index in [9.17, 15) is 9.00 Å². The number of aryl methyl sites for hydroxylation is 1. The van der Waals surface area contributed by atoms with Crippen LogP contribution in [0.5, 0.6) is 0 Å². The number of amides is 1. The van der Waals surface area contributed by atoms with Gasteiger partial charge in [-0.25, -0.2) is 19.9 Å². The number of nitrogens with one attached hydrogen (secondary N) is 1. The van der Waals surface area contributed by atoms with Crippen molar-refractivity contribution in [2.45, 2.75) is 76.9 Å². The lowest BCUT2D eigenvalue weighted by molar-refractivity contribution is -0.122. The molecule has 0 aromatic carbocycles. The van der Waals surface area contributed by atoms with Gasteiger partial charge in [-0.1, -0.05) is 12.6 Å². The summed E-state index contributed by atoms with van der Waals surface area (Å²) >= 11 is 0. The molecular weight excluding hydrogens is 510 g/mol. The third kappa shape index (κ3) is 5.75. The Kier molecular flexibility index (Phi) is 7.57. The Morgan fingerprint density at radius 3 is 2.54 bits per heavy atom. The van der Waals surface area contributed by atoms with E-state index in [0.29, 0.717) is 28.4 Å². The molecule has 9 nitrogen and oxygen atoms in total. The fraction of sp³-hybridized carbons (Fsp3) is 0.448. The SMILES string of the molecule is C=C(N=C1C(=C(C)C)NC(=NCc2ccc(S(C)=O)nc2)C(=O)N1[C@@H](C)C1CC1)c1c(C)ncnc1C1CC1. The van der Waals surface area contributed by atoms with Gasteiger partial charge in [0.2, 0.25) is 0 Å². The lowest BCUT2D eigenvalue weighted by Gasteiger charge is -2.37. The maximum atomic E-state index is 13.9. The van der Waals surface area contributed by atoms with Crippen molar-refractivity contribution in [3.05, 3.63) is 65.0 Å². The largest absolute Gasteiger partial charge is 0.333 e. The monoisotopic (exact) mass is 545 g/mol. The van der Waals surface area contributed by atoms with Gasteiger partial charge in [-0.15, -0.1) is 0 Å². The molecule has 2 aromatic heterocycles. The summed E-state index contributed by atoms with van der Waals surface area (Å²) in [6, 6.07) is 3.53. The highest BCUT2D eigenvalue weighted by Crippen LogP contribution is 2.43. The molecule has 0 bridgehead atoms. The maximum Gasteiger partial charge on any atom is 0.295 e. The topological polar surface area (TPSA) is 113 Å². The van der Waals surface area contributed by atoms with Gasteiger partial charge in [-0.2, -0.15) is 0 Å². The predicted octanol–water partition coefficient (Wildman–Crippen LogP) is 4.29. The number of rotatable bonds is 8. The number of carbonyl (C=O) groups is 1. The van der Waals surface area contributed by atoms with Crippen LogP contribution in [0, 0.1) is 12.8 Å². The summed E-state index contributed by atoms with van der Waals surface area (Å²) < 4.78 is 11.7. The van der Waals surface area contributed by atoms with Crippen molar-refractivity contribution in [3.8, 4) is 0 Å². The first-order valence-corrected chi connectivity index (χ1v) is 14.9. The minimum Gasteiger partial charge on any atom is -0.333 e. The van der Waals surface area contributed by atoms with Gasteiger partial charge in [0.1, 0.15) is 11.4 Å². The highest BCUT2D eigenvalue weighted by atomic mass is 32.2. The maximum absolute atomic E-state index is 13.9. The first-order chi connectivity index (χ1) is 18.7. The van der Waals surface area contributed by atoms with E-state index < -0.39 is 10.8 Å². The van der Waals surface area contributed by atoms with E-state index in [1.807, 2.05) is 26.8 Å². The molecule has 0 radical (unpaired) electrons. The van der Waals surface area contributed by atoms with E-state index in [0.717, 1.165) is 59.5 Å². The van der Waals surface area contributed by atoms with Crippen molar-refractivity contribution < 1.29 is 9.00 Å². The summed E-state index contributed by atoms with van der Waals surface area (Å²) in [4.78, 5) is 38.6. The third-order valence-electron chi connectivity index (χ3n) is 7.40. The van der Waals surface area contributed by atoms with E-state index in [1.54, 1.807) is 29.7 Å². The van der Waals surface area contributed by atoms with E-state index in [-0.39, 0.29) is 24.3 Å². The number of nitrogens with zero attached hydrogens (tertiary/aromatic N) is 6. The van der Waals surface area contributed by atoms with E-state index in [4.69, 9.17) is 4.99 Å². The number of aromatic nitrogens is 3. The molecule has 2 aliphatic carbocycles. The smallest absolute Gasteiger partial charge is 0.295 e. The molecule has 5 rings (SSSR count). The van der Waals surface area contributed by atoms with Crippen LogP contribution in [0.15, 0.2) is 57.5 Å². The summed E-state index contributed by atoms with van der Waals surface area (Å²) in [6.07, 6.45) is 9.22. The fourth-order valence-electron chi connectivity index (χ4n) is 4.83. The molecule has 10 heteroatoms. The number of carbonyl (C=O) groups excluding carboxylic acids is 1. The normalized spacial score (nSPS) is 21.2. The molecule has 2 atom stereocenters.